The number of imidazole rings is 2. The van der Waals surface area contributed by atoms with Crippen molar-refractivity contribution < 1.29 is 4.74 Å². The number of aryl methyl sites for hydroxylation is 4. The number of nitrogens with zero attached hydrogens (tertiary/aromatic N) is 4. The molecule has 0 radical (unpaired) electrons. The first-order chi connectivity index (χ1) is 9.70. The van der Waals surface area contributed by atoms with Crippen molar-refractivity contribution in [1.29, 1.82) is 0 Å². The number of aromatic nitrogens is 4. The van der Waals surface area contributed by atoms with Gasteiger partial charge in [0.05, 0.1) is 5.69 Å². The Bertz CT molecular complexity index is 531. The van der Waals surface area contributed by atoms with Gasteiger partial charge in [-0.1, -0.05) is 0 Å². The Hall–Kier alpha value is -1.82. The van der Waals surface area contributed by atoms with Gasteiger partial charge in [-0.3, -0.25) is 0 Å². The number of rotatable bonds is 8. The van der Waals surface area contributed by atoms with Gasteiger partial charge in [0.2, 0.25) is 5.95 Å². The summed E-state index contributed by atoms with van der Waals surface area (Å²) in [4.78, 5) is 8.86. The zero-order valence-corrected chi connectivity index (χ0v) is 12.5. The zero-order chi connectivity index (χ0) is 14.4. The Morgan fingerprint density at radius 3 is 2.95 bits per heavy atom. The molecule has 0 aromatic carbocycles. The quantitative estimate of drug-likeness (QED) is 0.745. The third-order valence-electron chi connectivity index (χ3n) is 3.20. The molecule has 0 spiro atoms. The van der Waals surface area contributed by atoms with Crippen LogP contribution < -0.4 is 5.32 Å². The average molecular weight is 277 g/mol. The Morgan fingerprint density at radius 1 is 1.40 bits per heavy atom. The monoisotopic (exact) mass is 277 g/mol. The Labute approximate surface area is 119 Å². The summed E-state index contributed by atoms with van der Waals surface area (Å²) >= 11 is 0. The molecule has 20 heavy (non-hydrogen) atoms. The van der Waals surface area contributed by atoms with Gasteiger partial charge in [-0.15, -0.1) is 0 Å². The van der Waals surface area contributed by atoms with Crippen LogP contribution in [0.15, 0.2) is 18.6 Å². The number of methoxy groups -OCH3 is 1. The smallest absolute Gasteiger partial charge is 0.203 e. The van der Waals surface area contributed by atoms with Crippen LogP contribution in [0.1, 0.15) is 17.9 Å². The Kier molecular flexibility index (Phi) is 5.17. The fourth-order valence-electron chi connectivity index (χ4n) is 2.13. The van der Waals surface area contributed by atoms with Gasteiger partial charge in [-0.05, 0) is 13.3 Å². The molecule has 0 atom stereocenters. The first kappa shape index (κ1) is 14.6. The second-order valence-electron chi connectivity index (χ2n) is 4.88. The lowest BCUT2D eigenvalue weighted by molar-refractivity contribution is 0.197. The number of ether oxygens (including phenoxy) is 1. The summed E-state index contributed by atoms with van der Waals surface area (Å²) < 4.78 is 9.25. The maximum Gasteiger partial charge on any atom is 0.203 e. The molecule has 110 valence electrons. The summed E-state index contributed by atoms with van der Waals surface area (Å²) in [6.45, 7) is 4.52. The van der Waals surface area contributed by atoms with Crippen LogP contribution in [0.3, 0.4) is 0 Å². The van der Waals surface area contributed by atoms with Gasteiger partial charge in [0.1, 0.15) is 5.82 Å². The van der Waals surface area contributed by atoms with E-state index in [1.807, 2.05) is 26.4 Å². The molecule has 0 amide bonds. The first-order valence-electron chi connectivity index (χ1n) is 6.93. The van der Waals surface area contributed by atoms with Gasteiger partial charge < -0.3 is 19.2 Å². The highest BCUT2D eigenvalue weighted by Crippen LogP contribution is 2.10. The van der Waals surface area contributed by atoms with Crippen molar-refractivity contribution in [2.45, 2.75) is 26.3 Å². The third kappa shape index (κ3) is 3.84. The minimum atomic E-state index is 0.764. The second kappa shape index (κ2) is 7.09. The van der Waals surface area contributed by atoms with Crippen molar-refractivity contribution in [2.75, 3.05) is 25.6 Å². The molecule has 0 aliphatic heterocycles. The number of anilines is 1. The van der Waals surface area contributed by atoms with Crippen LogP contribution in [0.25, 0.3) is 0 Å². The van der Waals surface area contributed by atoms with Crippen molar-refractivity contribution in [3.63, 3.8) is 0 Å². The molecule has 0 aliphatic carbocycles. The summed E-state index contributed by atoms with van der Waals surface area (Å²) in [5.41, 5.74) is 1.03. The van der Waals surface area contributed by atoms with Crippen molar-refractivity contribution in [2.24, 2.45) is 7.05 Å². The van der Waals surface area contributed by atoms with Crippen molar-refractivity contribution in [3.8, 4) is 0 Å². The van der Waals surface area contributed by atoms with E-state index in [1.165, 1.54) is 0 Å². The Morgan fingerprint density at radius 2 is 2.25 bits per heavy atom. The molecular weight excluding hydrogens is 254 g/mol. The van der Waals surface area contributed by atoms with E-state index in [4.69, 9.17) is 4.74 Å². The highest BCUT2D eigenvalue weighted by Gasteiger charge is 2.06. The maximum absolute atomic E-state index is 5.05. The molecule has 2 heterocycles. The maximum atomic E-state index is 5.05. The fraction of sp³-hybridized carbons (Fsp3) is 0.571. The van der Waals surface area contributed by atoms with Crippen LogP contribution in [0, 0.1) is 6.92 Å². The number of hydrogen-bond acceptors (Lipinski definition) is 4. The fourth-order valence-corrected chi connectivity index (χ4v) is 2.13. The second-order valence-corrected chi connectivity index (χ2v) is 4.88. The minimum Gasteiger partial charge on any atom is -0.385 e. The molecule has 0 aliphatic rings. The van der Waals surface area contributed by atoms with Crippen LogP contribution in [0.4, 0.5) is 5.95 Å². The van der Waals surface area contributed by atoms with E-state index in [0.29, 0.717) is 0 Å². The minimum absolute atomic E-state index is 0.764. The van der Waals surface area contributed by atoms with E-state index < -0.39 is 0 Å². The summed E-state index contributed by atoms with van der Waals surface area (Å²) in [5.74, 6) is 2.01. The first-order valence-corrected chi connectivity index (χ1v) is 6.93. The topological polar surface area (TPSA) is 56.9 Å². The molecule has 0 bridgehead atoms. The summed E-state index contributed by atoms with van der Waals surface area (Å²) in [6.07, 6.45) is 7.74. The zero-order valence-electron chi connectivity index (χ0n) is 12.5. The molecule has 0 unspecified atom stereocenters. The number of hydrogen-bond donors (Lipinski definition) is 1. The van der Waals surface area contributed by atoms with E-state index in [9.17, 15) is 0 Å². The molecule has 2 aromatic heterocycles. The normalized spacial score (nSPS) is 10.9. The van der Waals surface area contributed by atoms with Gasteiger partial charge in [-0.25, -0.2) is 9.97 Å². The standard InChI is InChI=1S/C14H23N5O/c1-12-11-19(8-5-13-15-7-9-18(13)2)14(17-12)16-6-4-10-20-3/h7,9,11H,4-6,8,10H2,1-3H3,(H,16,17). The van der Waals surface area contributed by atoms with E-state index in [-0.39, 0.29) is 0 Å². The van der Waals surface area contributed by atoms with Crippen LogP contribution in [0.5, 0.6) is 0 Å². The predicted octanol–water partition coefficient (Wildman–Crippen LogP) is 1.62. The molecule has 0 fully saturated rings. The lowest BCUT2D eigenvalue weighted by Crippen LogP contribution is -2.12. The molecule has 2 rings (SSSR count). The van der Waals surface area contributed by atoms with Crippen LogP contribution in [-0.2, 0) is 24.8 Å². The van der Waals surface area contributed by atoms with Gasteiger partial charge in [0.25, 0.3) is 0 Å². The highest BCUT2D eigenvalue weighted by molar-refractivity contribution is 5.28. The summed E-state index contributed by atoms with van der Waals surface area (Å²) in [5, 5.41) is 3.36. The van der Waals surface area contributed by atoms with Crippen molar-refractivity contribution in [3.05, 3.63) is 30.1 Å². The summed E-state index contributed by atoms with van der Waals surface area (Å²) in [6, 6.07) is 0. The molecule has 1 N–H and O–H groups in total. The highest BCUT2D eigenvalue weighted by atomic mass is 16.5. The van der Waals surface area contributed by atoms with Gasteiger partial charge in [-0.2, -0.15) is 0 Å². The van der Waals surface area contributed by atoms with Crippen molar-refractivity contribution in [1.82, 2.24) is 19.1 Å². The Balaban J connectivity index is 1.91. The lowest BCUT2D eigenvalue weighted by atomic mass is 10.4. The van der Waals surface area contributed by atoms with Gasteiger partial charge in [0, 0.05) is 58.9 Å². The van der Waals surface area contributed by atoms with Crippen LogP contribution in [-0.4, -0.2) is 39.4 Å². The molecule has 6 heteroatoms. The van der Waals surface area contributed by atoms with Crippen LogP contribution >= 0.6 is 0 Å². The van der Waals surface area contributed by atoms with Gasteiger partial charge in [0.15, 0.2) is 0 Å². The van der Waals surface area contributed by atoms with E-state index in [1.54, 1.807) is 7.11 Å². The third-order valence-corrected chi connectivity index (χ3v) is 3.20. The van der Waals surface area contributed by atoms with E-state index in [2.05, 4.69) is 30.6 Å². The van der Waals surface area contributed by atoms with Gasteiger partial charge >= 0.3 is 0 Å². The molecule has 6 nitrogen and oxygen atoms in total. The average Bonchev–Trinajstić information content (AvgIpc) is 2.98. The largest absolute Gasteiger partial charge is 0.385 e. The lowest BCUT2D eigenvalue weighted by Gasteiger charge is -2.09. The molecule has 0 saturated carbocycles. The molecule has 0 saturated heterocycles. The van der Waals surface area contributed by atoms with E-state index >= 15 is 0 Å². The van der Waals surface area contributed by atoms with E-state index in [0.717, 1.165) is 50.0 Å². The number of nitrogens with one attached hydrogen (secondary N) is 1. The van der Waals surface area contributed by atoms with Crippen LogP contribution in [0.2, 0.25) is 0 Å². The molecular formula is C14H23N5O. The molecule has 2 aromatic rings. The summed E-state index contributed by atoms with van der Waals surface area (Å²) in [7, 11) is 3.74. The predicted molar refractivity (Wildman–Crippen MR) is 78.9 cm³/mol. The van der Waals surface area contributed by atoms with Crippen molar-refractivity contribution >= 4 is 5.95 Å². The SMILES string of the molecule is COCCCNc1nc(C)cn1CCc1nccn1C.